The zero-order valence-electron chi connectivity index (χ0n) is 8.27. The van der Waals surface area contributed by atoms with E-state index < -0.39 is 0 Å². The van der Waals surface area contributed by atoms with Crippen LogP contribution in [0.25, 0.3) is 0 Å². The minimum absolute atomic E-state index is 0.886. The van der Waals surface area contributed by atoms with Crippen molar-refractivity contribution in [2.75, 3.05) is 33.2 Å². The second-order valence-corrected chi connectivity index (χ2v) is 2.95. The van der Waals surface area contributed by atoms with Crippen molar-refractivity contribution in [2.45, 2.75) is 19.8 Å². The summed E-state index contributed by atoms with van der Waals surface area (Å²) in [5.41, 5.74) is 0. The van der Waals surface area contributed by atoms with Crippen molar-refractivity contribution in [2.24, 2.45) is 0 Å². The Morgan fingerprint density at radius 2 is 2.17 bits per heavy atom. The molecule has 0 amide bonds. The second-order valence-electron chi connectivity index (χ2n) is 2.95. The first-order valence-electron chi connectivity index (χ1n) is 4.64. The van der Waals surface area contributed by atoms with E-state index in [4.69, 9.17) is 6.42 Å². The normalized spacial score (nSPS) is 10.2. The van der Waals surface area contributed by atoms with E-state index in [0.29, 0.717) is 0 Å². The van der Waals surface area contributed by atoms with E-state index in [-0.39, 0.29) is 0 Å². The predicted molar refractivity (Wildman–Crippen MR) is 54.1 cm³/mol. The van der Waals surface area contributed by atoms with Crippen LogP contribution in [-0.2, 0) is 0 Å². The molecule has 0 heterocycles. The van der Waals surface area contributed by atoms with Gasteiger partial charge in [-0.3, -0.25) is 0 Å². The molecule has 0 unspecified atom stereocenters. The topological polar surface area (TPSA) is 15.3 Å². The van der Waals surface area contributed by atoms with Gasteiger partial charge in [-0.25, -0.2) is 0 Å². The van der Waals surface area contributed by atoms with Gasteiger partial charge in [0.1, 0.15) is 0 Å². The molecule has 0 atom stereocenters. The van der Waals surface area contributed by atoms with Crippen molar-refractivity contribution < 1.29 is 0 Å². The van der Waals surface area contributed by atoms with Gasteiger partial charge in [0.2, 0.25) is 0 Å². The van der Waals surface area contributed by atoms with Gasteiger partial charge in [0.15, 0.2) is 0 Å². The third kappa shape index (κ3) is 7.59. The molecule has 1 N–H and O–H groups in total. The van der Waals surface area contributed by atoms with E-state index in [1.807, 2.05) is 0 Å². The first-order valence-corrected chi connectivity index (χ1v) is 4.64. The van der Waals surface area contributed by atoms with Gasteiger partial charge in [-0.05, 0) is 26.6 Å². The minimum Gasteiger partial charge on any atom is -0.315 e. The first-order chi connectivity index (χ1) is 5.81. The van der Waals surface area contributed by atoms with Crippen molar-refractivity contribution in [3.63, 3.8) is 0 Å². The van der Waals surface area contributed by atoms with Crippen LogP contribution < -0.4 is 5.32 Å². The van der Waals surface area contributed by atoms with Gasteiger partial charge in [-0.15, -0.1) is 12.3 Å². The highest BCUT2D eigenvalue weighted by atomic mass is 15.1. The lowest BCUT2D eigenvalue weighted by molar-refractivity contribution is 0.349. The lowest BCUT2D eigenvalue weighted by Gasteiger charge is -2.13. The summed E-state index contributed by atoms with van der Waals surface area (Å²) in [6.45, 7) is 6.51. The summed E-state index contributed by atoms with van der Waals surface area (Å²) in [6.07, 6.45) is 7.10. The zero-order chi connectivity index (χ0) is 9.23. The van der Waals surface area contributed by atoms with Crippen LogP contribution in [0, 0.1) is 12.3 Å². The first kappa shape index (κ1) is 11.5. The Kier molecular flexibility index (Phi) is 8.20. The van der Waals surface area contributed by atoms with Crippen LogP contribution in [0.4, 0.5) is 0 Å². The standard InChI is InChI=1S/C10H20N2/c1-4-6-7-8-11-9-10-12(3)5-2/h1,11H,5-10H2,2-3H3. The number of nitrogens with one attached hydrogen (secondary N) is 1. The monoisotopic (exact) mass is 168 g/mol. The molecular weight excluding hydrogens is 148 g/mol. The van der Waals surface area contributed by atoms with E-state index in [2.05, 4.69) is 30.1 Å². The Morgan fingerprint density at radius 1 is 1.42 bits per heavy atom. The van der Waals surface area contributed by atoms with Crippen LogP contribution in [0.15, 0.2) is 0 Å². The van der Waals surface area contributed by atoms with Gasteiger partial charge in [-0.1, -0.05) is 6.92 Å². The Balaban J connectivity index is 2.96. The molecule has 70 valence electrons. The summed E-state index contributed by atoms with van der Waals surface area (Å²) in [5.74, 6) is 2.63. The molecule has 0 spiro atoms. The zero-order valence-corrected chi connectivity index (χ0v) is 8.27. The van der Waals surface area contributed by atoms with Crippen LogP contribution in [-0.4, -0.2) is 38.1 Å². The molecule has 0 aromatic heterocycles. The summed E-state index contributed by atoms with van der Waals surface area (Å²) in [7, 11) is 2.13. The van der Waals surface area contributed by atoms with Crippen molar-refractivity contribution in [3.8, 4) is 12.3 Å². The van der Waals surface area contributed by atoms with Crippen LogP contribution in [0.5, 0.6) is 0 Å². The van der Waals surface area contributed by atoms with Crippen molar-refractivity contribution in [1.82, 2.24) is 10.2 Å². The van der Waals surface area contributed by atoms with E-state index in [0.717, 1.165) is 39.0 Å². The van der Waals surface area contributed by atoms with Crippen molar-refractivity contribution >= 4 is 0 Å². The summed E-state index contributed by atoms with van der Waals surface area (Å²) in [6, 6.07) is 0. The number of likely N-dealkylation sites (N-methyl/N-ethyl adjacent to an activating group) is 1. The third-order valence-corrected chi connectivity index (χ3v) is 1.88. The Hall–Kier alpha value is -0.520. The maximum Gasteiger partial charge on any atom is 0.0104 e. The van der Waals surface area contributed by atoms with Crippen molar-refractivity contribution in [3.05, 3.63) is 0 Å². The molecule has 0 aromatic carbocycles. The molecular formula is C10H20N2. The molecule has 0 fully saturated rings. The highest BCUT2D eigenvalue weighted by molar-refractivity contribution is 4.83. The van der Waals surface area contributed by atoms with Gasteiger partial charge >= 0.3 is 0 Å². The molecule has 0 bridgehead atoms. The van der Waals surface area contributed by atoms with Crippen LogP contribution in [0.1, 0.15) is 19.8 Å². The average Bonchev–Trinajstić information content (AvgIpc) is 2.10. The van der Waals surface area contributed by atoms with Crippen LogP contribution in [0.3, 0.4) is 0 Å². The van der Waals surface area contributed by atoms with Crippen molar-refractivity contribution in [1.29, 1.82) is 0 Å². The molecule has 2 nitrogen and oxygen atoms in total. The summed E-state index contributed by atoms with van der Waals surface area (Å²) in [4.78, 5) is 2.29. The summed E-state index contributed by atoms with van der Waals surface area (Å²) in [5, 5.41) is 3.35. The predicted octanol–water partition coefficient (Wildman–Crippen LogP) is 0.941. The largest absolute Gasteiger partial charge is 0.315 e. The van der Waals surface area contributed by atoms with E-state index in [1.165, 1.54) is 0 Å². The number of hydrogen-bond acceptors (Lipinski definition) is 2. The molecule has 2 heteroatoms. The Bertz CT molecular complexity index is 126. The van der Waals surface area contributed by atoms with Gasteiger partial charge in [0.05, 0.1) is 0 Å². The molecule has 0 radical (unpaired) electrons. The van der Waals surface area contributed by atoms with Gasteiger partial charge in [0.25, 0.3) is 0 Å². The fraction of sp³-hybridized carbons (Fsp3) is 0.800. The highest BCUT2D eigenvalue weighted by Gasteiger charge is 1.92. The second kappa shape index (κ2) is 8.58. The van der Waals surface area contributed by atoms with E-state index in [1.54, 1.807) is 0 Å². The molecule has 0 rings (SSSR count). The summed E-state index contributed by atoms with van der Waals surface area (Å²) >= 11 is 0. The lowest BCUT2D eigenvalue weighted by atomic mass is 10.3. The lowest BCUT2D eigenvalue weighted by Crippen LogP contribution is -2.29. The SMILES string of the molecule is C#CCCCNCCN(C)CC. The van der Waals surface area contributed by atoms with Crippen LogP contribution >= 0.6 is 0 Å². The smallest absolute Gasteiger partial charge is 0.0104 e. The number of hydrogen-bond donors (Lipinski definition) is 1. The average molecular weight is 168 g/mol. The number of unbranched alkanes of at least 4 members (excludes halogenated alkanes) is 1. The Morgan fingerprint density at radius 3 is 2.75 bits per heavy atom. The number of rotatable bonds is 7. The summed E-state index contributed by atoms with van der Waals surface area (Å²) < 4.78 is 0. The molecule has 0 aromatic rings. The molecule has 0 saturated carbocycles. The highest BCUT2D eigenvalue weighted by Crippen LogP contribution is 1.83. The molecule has 0 aliphatic heterocycles. The number of terminal acetylenes is 1. The van der Waals surface area contributed by atoms with Gasteiger partial charge in [-0.2, -0.15) is 0 Å². The van der Waals surface area contributed by atoms with Gasteiger partial charge in [0, 0.05) is 19.5 Å². The number of nitrogens with zero attached hydrogens (tertiary/aromatic N) is 1. The maximum atomic E-state index is 5.13. The molecule has 12 heavy (non-hydrogen) atoms. The minimum atomic E-state index is 0.886. The quantitative estimate of drug-likeness (QED) is 0.449. The van der Waals surface area contributed by atoms with Crippen LogP contribution in [0.2, 0.25) is 0 Å². The fourth-order valence-corrected chi connectivity index (χ4v) is 0.868. The maximum absolute atomic E-state index is 5.13. The van der Waals surface area contributed by atoms with E-state index >= 15 is 0 Å². The fourth-order valence-electron chi connectivity index (χ4n) is 0.868. The third-order valence-electron chi connectivity index (χ3n) is 1.88. The van der Waals surface area contributed by atoms with Gasteiger partial charge < -0.3 is 10.2 Å². The molecule has 0 aliphatic rings. The van der Waals surface area contributed by atoms with E-state index in [9.17, 15) is 0 Å². The molecule has 0 saturated heterocycles. The molecule has 0 aliphatic carbocycles. The Labute approximate surface area is 76.3 Å².